The van der Waals surface area contributed by atoms with Gasteiger partial charge in [-0.3, -0.25) is 9.59 Å². The van der Waals surface area contributed by atoms with E-state index in [0.717, 1.165) is 17.5 Å². The summed E-state index contributed by atoms with van der Waals surface area (Å²) in [7, 11) is 0. The zero-order chi connectivity index (χ0) is 28.9. The molecule has 4 N–H and O–H groups in total. The fraction of sp³-hybridized carbons (Fsp3) is 0.300. The minimum absolute atomic E-state index is 0.0817. The van der Waals surface area contributed by atoms with E-state index in [-0.39, 0.29) is 30.7 Å². The number of rotatable bonds is 15. The van der Waals surface area contributed by atoms with E-state index in [1.165, 1.54) is 4.88 Å². The van der Waals surface area contributed by atoms with E-state index in [4.69, 9.17) is 15.0 Å². The van der Waals surface area contributed by atoms with Crippen LogP contribution in [0, 0.1) is 0 Å². The Bertz CT molecular complexity index is 1390. The van der Waals surface area contributed by atoms with Crippen molar-refractivity contribution in [2.75, 3.05) is 13.1 Å². The van der Waals surface area contributed by atoms with Gasteiger partial charge >= 0.3 is 6.09 Å². The van der Waals surface area contributed by atoms with Gasteiger partial charge in [-0.1, -0.05) is 53.7 Å². The predicted molar refractivity (Wildman–Crippen MR) is 155 cm³/mol. The fourth-order valence-corrected chi connectivity index (χ4v) is 4.76. The number of ketones is 1. The highest BCUT2D eigenvalue weighted by atomic mass is 32.1. The zero-order valence-corrected chi connectivity index (χ0v) is 23.4. The number of hydrogen-bond donors (Lipinski definition) is 3. The first-order chi connectivity index (χ1) is 20.0. The standard InChI is InChI=1S/C30H33N5O5S/c31-16-5-4-10-25(33-30(38)39-20-22-7-2-1-3-8-22)27(36)28-34-26(40-35-28)19-21-11-13-23(14-12-21)29(37)32-17-15-24-9-6-18-41-24/h1-3,6-9,11-14,18,25H,4-5,10,15-17,19-20,31H2,(H,32,37)(H,33,38). The number of nitrogens with one attached hydrogen (secondary N) is 2. The molecule has 4 rings (SSSR count). The summed E-state index contributed by atoms with van der Waals surface area (Å²) in [6, 6.07) is 19.5. The van der Waals surface area contributed by atoms with Gasteiger partial charge in [-0.05, 0) is 66.9 Å². The molecule has 0 radical (unpaired) electrons. The summed E-state index contributed by atoms with van der Waals surface area (Å²) in [5, 5.41) is 11.4. The second kappa shape index (κ2) is 15.4. The van der Waals surface area contributed by atoms with Crippen LogP contribution in [0.25, 0.3) is 0 Å². The summed E-state index contributed by atoms with van der Waals surface area (Å²) < 4.78 is 10.6. The van der Waals surface area contributed by atoms with Gasteiger partial charge in [0.1, 0.15) is 6.61 Å². The van der Waals surface area contributed by atoms with Crippen LogP contribution in [0.5, 0.6) is 0 Å². The Morgan fingerprint density at radius 2 is 1.78 bits per heavy atom. The predicted octanol–water partition coefficient (Wildman–Crippen LogP) is 4.30. The largest absolute Gasteiger partial charge is 0.445 e. The van der Waals surface area contributed by atoms with E-state index in [0.29, 0.717) is 37.9 Å². The quantitative estimate of drug-likeness (QED) is 0.140. The van der Waals surface area contributed by atoms with Gasteiger partial charge in [-0.15, -0.1) is 11.3 Å². The van der Waals surface area contributed by atoms with E-state index >= 15 is 0 Å². The second-order valence-electron chi connectivity index (χ2n) is 9.38. The topological polar surface area (TPSA) is 149 Å². The molecule has 41 heavy (non-hydrogen) atoms. The van der Waals surface area contributed by atoms with Crippen molar-refractivity contribution in [3.63, 3.8) is 0 Å². The first kappa shape index (κ1) is 29.6. The van der Waals surface area contributed by atoms with Crippen molar-refractivity contribution in [1.82, 2.24) is 20.8 Å². The molecule has 0 saturated carbocycles. The Balaban J connectivity index is 1.30. The third-order valence-electron chi connectivity index (χ3n) is 6.27. The first-order valence-electron chi connectivity index (χ1n) is 13.5. The van der Waals surface area contributed by atoms with Crippen LogP contribution in [-0.2, 0) is 24.2 Å². The maximum atomic E-state index is 13.2. The average Bonchev–Trinajstić information content (AvgIpc) is 3.69. The molecule has 2 aromatic carbocycles. The molecule has 1 unspecified atom stereocenters. The van der Waals surface area contributed by atoms with Crippen molar-refractivity contribution in [2.24, 2.45) is 5.73 Å². The number of alkyl carbamates (subject to hydrolysis) is 1. The molecule has 2 aromatic heterocycles. The number of unbranched alkanes of at least 4 members (excludes halogenated alkanes) is 1. The van der Waals surface area contributed by atoms with Crippen LogP contribution in [-0.4, -0.2) is 47.1 Å². The minimum atomic E-state index is -0.882. The monoisotopic (exact) mass is 575 g/mol. The van der Waals surface area contributed by atoms with E-state index in [1.54, 1.807) is 35.6 Å². The average molecular weight is 576 g/mol. The Hall–Kier alpha value is -4.35. The zero-order valence-electron chi connectivity index (χ0n) is 22.6. The number of carbonyl (C=O) groups excluding carboxylic acids is 3. The maximum Gasteiger partial charge on any atom is 0.408 e. The lowest BCUT2D eigenvalue weighted by atomic mass is 10.0. The lowest BCUT2D eigenvalue weighted by molar-refractivity contribution is 0.0896. The molecular weight excluding hydrogens is 542 g/mol. The number of ether oxygens (including phenoxy) is 1. The smallest absolute Gasteiger partial charge is 0.408 e. The molecule has 0 aliphatic carbocycles. The van der Waals surface area contributed by atoms with Crippen molar-refractivity contribution in [2.45, 2.75) is 44.8 Å². The molecule has 10 nitrogen and oxygen atoms in total. The number of nitrogens with two attached hydrogens (primary N) is 1. The van der Waals surface area contributed by atoms with Gasteiger partial charge in [0.15, 0.2) is 0 Å². The first-order valence-corrected chi connectivity index (χ1v) is 14.3. The van der Waals surface area contributed by atoms with Crippen LogP contribution in [0.4, 0.5) is 4.79 Å². The molecular formula is C30H33N5O5S. The van der Waals surface area contributed by atoms with Crippen molar-refractivity contribution in [3.8, 4) is 0 Å². The van der Waals surface area contributed by atoms with Crippen LogP contribution < -0.4 is 16.4 Å². The van der Waals surface area contributed by atoms with Crippen molar-refractivity contribution >= 4 is 29.1 Å². The van der Waals surface area contributed by atoms with E-state index in [9.17, 15) is 14.4 Å². The lowest BCUT2D eigenvalue weighted by Crippen LogP contribution is -2.41. The van der Waals surface area contributed by atoms with Crippen LogP contribution in [0.3, 0.4) is 0 Å². The molecule has 0 aliphatic rings. The Morgan fingerprint density at radius 3 is 2.51 bits per heavy atom. The van der Waals surface area contributed by atoms with Crippen molar-refractivity contribution < 1.29 is 23.6 Å². The highest BCUT2D eigenvalue weighted by molar-refractivity contribution is 7.09. The summed E-state index contributed by atoms with van der Waals surface area (Å²) in [5.74, 6) is -0.491. The number of thiophene rings is 1. The second-order valence-corrected chi connectivity index (χ2v) is 10.4. The summed E-state index contributed by atoms with van der Waals surface area (Å²) >= 11 is 1.66. The Kier molecular flexibility index (Phi) is 11.2. The molecule has 0 saturated heterocycles. The van der Waals surface area contributed by atoms with Gasteiger partial charge in [0.2, 0.25) is 17.5 Å². The maximum absolute atomic E-state index is 13.2. The summed E-state index contributed by atoms with van der Waals surface area (Å²) in [5.41, 5.74) is 7.82. The van der Waals surface area contributed by atoms with Crippen LogP contribution in [0.1, 0.15) is 62.1 Å². The van der Waals surface area contributed by atoms with E-state index in [2.05, 4.69) is 20.8 Å². The van der Waals surface area contributed by atoms with Crippen LogP contribution in [0.2, 0.25) is 0 Å². The van der Waals surface area contributed by atoms with Gasteiger partial charge < -0.3 is 25.6 Å². The Labute approximate surface area is 242 Å². The van der Waals surface area contributed by atoms with Gasteiger partial charge in [-0.2, -0.15) is 4.98 Å². The molecule has 11 heteroatoms. The van der Waals surface area contributed by atoms with Gasteiger partial charge in [0, 0.05) is 17.0 Å². The molecule has 2 heterocycles. The highest BCUT2D eigenvalue weighted by Crippen LogP contribution is 2.13. The van der Waals surface area contributed by atoms with Gasteiger partial charge in [0.25, 0.3) is 5.91 Å². The number of aromatic nitrogens is 2. The van der Waals surface area contributed by atoms with E-state index in [1.807, 2.05) is 47.8 Å². The fourth-order valence-electron chi connectivity index (χ4n) is 4.06. The lowest BCUT2D eigenvalue weighted by Gasteiger charge is -2.16. The number of amides is 2. The Morgan fingerprint density at radius 1 is 0.976 bits per heavy atom. The number of carbonyl (C=O) groups is 3. The summed E-state index contributed by atoms with van der Waals surface area (Å²) in [6.07, 6.45) is 2.05. The number of Topliss-reactive ketones (excluding diaryl/α,β-unsaturated/α-hetero) is 1. The molecule has 0 aliphatic heterocycles. The van der Waals surface area contributed by atoms with Gasteiger partial charge in [-0.25, -0.2) is 4.79 Å². The van der Waals surface area contributed by atoms with Crippen LogP contribution >= 0.6 is 11.3 Å². The number of nitrogens with zero attached hydrogens (tertiary/aromatic N) is 2. The normalized spacial score (nSPS) is 11.5. The van der Waals surface area contributed by atoms with Crippen LogP contribution in [0.15, 0.2) is 76.6 Å². The van der Waals surface area contributed by atoms with Crippen molar-refractivity contribution in [1.29, 1.82) is 0 Å². The van der Waals surface area contributed by atoms with E-state index < -0.39 is 17.9 Å². The number of hydrogen-bond acceptors (Lipinski definition) is 9. The molecule has 2 amide bonds. The molecule has 4 aromatic rings. The molecule has 0 bridgehead atoms. The van der Waals surface area contributed by atoms with Crippen molar-refractivity contribution in [3.05, 3.63) is 105 Å². The molecule has 0 spiro atoms. The third kappa shape index (κ3) is 9.37. The number of benzene rings is 2. The third-order valence-corrected chi connectivity index (χ3v) is 7.20. The molecule has 0 fully saturated rings. The summed E-state index contributed by atoms with van der Waals surface area (Å²) in [6.45, 7) is 1.12. The highest BCUT2D eigenvalue weighted by Gasteiger charge is 2.27. The molecule has 214 valence electrons. The minimum Gasteiger partial charge on any atom is -0.445 e. The SMILES string of the molecule is NCCCCC(NC(=O)OCc1ccccc1)C(=O)c1noc(Cc2ccc(C(=O)NCCc3cccs3)cc2)n1. The van der Waals surface area contributed by atoms with Gasteiger partial charge in [0.05, 0.1) is 12.5 Å². The summed E-state index contributed by atoms with van der Waals surface area (Å²) in [4.78, 5) is 43.5. The molecule has 1 atom stereocenters.